The number of hydrogen-bond donors (Lipinski definition) is 2. The number of rotatable bonds is 6. The average Bonchev–Trinajstić information content (AvgIpc) is 3.60. The Morgan fingerprint density at radius 2 is 1.84 bits per heavy atom. The summed E-state index contributed by atoms with van der Waals surface area (Å²) < 4.78 is 46.8. The molecule has 0 radical (unpaired) electrons. The number of benzene rings is 3. The summed E-state index contributed by atoms with van der Waals surface area (Å²) in [6.45, 7) is 2.82. The highest BCUT2D eigenvalue weighted by Gasteiger charge is 2.32. The van der Waals surface area contributed by atoms with E-state index in [2.05, 4.69) is 10.3 Å². The van der Waals surface area contributed by atoms with Gasteiger partial charge in [0.1, 0.15) is 22.9 Å². The Kier molecular flexibility index (Phi) is 7.44. The second-order valence-electron chi connectivity index (χ2n) is 11.4. The number of anilines is 1. The minimum Gasteiger partial charge on any atom is -0.455 e. The van der Waals surface area contributed by atoms with Gasteiger partial charge in [0.2, 0.25) is 10.0 Å². The van der Waals surface area contributed by atoms with Gasteiger partial charge in [0.05, 0.1) is 17.5 Å². The molecule has 5 aromatic rings. The number of H-pyrrole nitrogens is 1. The van der Waals surface area contributed by atoms with Crippen LogP contribution in [-0.2, 0) is 10.0 Å². The van der Waals surface area contributed by atoms with Crippen molar-refractivity contribution in [3.8, 4) is 11.3 Å². The molecule has 1 aliphatic rings. The van der Waals surface area contributed by atoms with Gasteiger partial charge in [-0.25, -0.2) is 12.8 Å². The topological polar surface area (TPSA) is 116 Å². The summed E-state index contributed by atoms with van der Waals surface area (Å²) in [5.74, 6) is -0.771. The molecule has 1 fully saturated rings. The quantitative estimate of drug-likeness (QED) is 0.250. The zero-order chi connectivity index (χ0) is 31.3. The second kappa shape index (κ2) is 11.1. The smallest absolute Gasteiger partial charge is 0.270 e. The molecule has 2 aromatic heterocycles. The summed E-state index contributed by atoms with van der Waals surface area (Å²) >= 11 is 0. The normalized spacial score (nSPS) is 15.6. The third-order valence-electron chi connectivity index (χ3n) is 8.40. The molecule has 0 saturated carbocycles. The third kappa shape index (κ3) is 5.32. The molecule has 3 heterocycles. The molecule has 11 heteroatoms. The number of halogens is 1. The predicted octanol–water partition coefficient (Wildman–Crippen LogP) is 5.80. The van der Waals surface area contributed by atoms with E-state index in [0.29, 0.717) is 76.1 Å². The third-order valence-corrected chi connectivity index (χ3v) is 9.60. The van der Waals surface area contributed by atoms with Crippen LogP contribution in [0.4, 0.5) is 10.1 Å². The number of carbonyl (C=O) groups excluding carboxylic acids is 2. The number of hydrogen-bond acceptors (Lipinski definition) is 5. The van der Waals surface area contributed by atoms with Crippen molar-refractivity contribution in [2.24, 2.45) is 0 Å². The molecular formula is C33H33FN4O5S. The van der Waals surface area contributed by atoms with Gasteiger partial charge < -0.3 is 19.6 Å². The highest BCUT2D eigenvalue weighted by Crippen LogP contribution is 2.42. The Bertz CT molecular complexity index is 2030. The van der Waals surface area contributed by atoms with Crippen molar-refractivity contribution in [1.82, 2.24) is 15.2 Å². The molecule has 6 rings (SSSR count). The summed E-state index contributed by atoms with van der Waals surface area (Å²) in [7, 11) is -0.626. The molecule has 2 amide bonds. The van der Waals surface area contributed by atoms with Crippen LogP contribution in [-0.4, -0.2) is 63.6 Å². The fourth-order valence-electron chi connectivity index (χ4n) is 5.99. The van der Waals surface area contributed by atoms with Gasteiger partial charge in [0.15, 0.2) is 0 Å². The summed E-state index contributed by atoms with van der Waals surface area (Å²) in [6.07, 6.45) is 2.52. The second-order valence-corrected chi connectivity index (χ2v) is 13.4. The summed E-state index contributed by atoms with van der Waals surface area (Å²) in [6, 6.07) is 17.1. The van der Waals surface area contributed by atoms with Crippen molar-refractivity contribution in [3.05, 3.63) is 88.9 Å². The Labute approximate surface area is 254 Å². The van der Waals surface area contributed by atoms with E-state index in [1.807, 2.05) is 37.3 Å². The predicted molar refractivity (Wildman–Crippen MR) is 169 cm³/mol. The van der Waals surface area contributed by atoms with E-state index in [0.717, 1.165) is 17.4 Å². The fraction of sp³-hybridized carbons (Fsp3) is 0.273. The number of likely N-dealkylation sites (tertiary alicyclic amines) is 1. The zero-order valence-electron chi connectivity index (χ0n) is 24.9. The van der Waals surface area contributed by atoms with E-state index in [1.54, 1.807) is 30.1 Å². The molecule has 228 valence electrons. The minimum atomic E-state index is -3.66. The molecule has 0 spiro atoms. The van der Waals surface area contributed by atoms with E-state index in [-0.39, 0.29) is 23.5 Å². The fourth-order valence-corrected chi connectivity index (χ4v) is 6.51. The lowest BCUT2D eigenvalue weighted by Crippen LogP contribution is -2.39. The lowest BCUT2D eigenvalue weighted by Gasteiger charge is -2.34. The van der Waals surface area contributed by atoms with Crippen LogP contribution in [0.3, 0.4) is 0 Å². The van der Waals surface area contributed by atoms with Gasteiger partial charge in [0, 0.05) is 61.0 Å². The van der Waals surface area contributed by atoms with Crippen LogP contribution in [0.2, 0.25) is 0 Å². The minimum absolute atomic E-state index is 0.221. The van der Waals surface area contributed by atoms with Gasteiger partial charge in [-0.2, -0.15) is 0 Å². The first-order valence-electron chi connectivity index (χ1n) is 14.4. The molecule has 1 atom stereocenters. The molecule has 1 saturated heterocycles. The van der Waals surface area contributed by atoms with Crippen LogP contribution in [0.1, 0.15) is 50.7 Å². The number of piperidine rings is 1. The number of aryl methyl sites for hydroxylation is 1. The molecule has 1 aliphatic heterocycles. The summed E-state index contributed by atoms with van der Waals surface area (Å²) in [5, 5.41) is 3.88. The van der Waals surface area contributed by atoms with Gasteiger partial charge in [0.25, 0.3) is 11.8 Å². The maximum absolute atomic E-state index is 13.8. The van der Waals surface area contributed by atoms with Crippen LogP contribution >= 0.6 is 0 Å². The van der Waals surface area contributed by atoms with Crippen molar-refractivity contribution in [2.45, 2.75) is 25.7 Å². The summed E-state index contributed by atoms with van der Waals surface area (Å²) in [4.78, 5) is 31.7. The SMILES string of the molecule is CNC(=O)c1c(-c2ccc(C)cc2)oc2cc(N(C)S(C)(=O)=O)c([C@H]3CCCN(C(=O)c4cc5cc(F)ccc5[nH]4)C3)cc12. The van der Waals surface area contributed by atoms with E-state index in [9.17, 15) is 22.4 Å². The Morgan fingerprint density at radius 3 is 2.55 bits per heavy atom. The number of fused-ring (bicyclic) bond motifs is 2. The van der Waals surface area contributed by atoms with Crippen LogP contribution in [0, 0.1) is 12.7 Å². The molecule has 3 aromatic carbocycles. The largest absolute Gasteiger partial charge is 0.455 e. The molecular weight excluding hydrogens is 583 g/mol. The number of sulfonamides is 1. The number of carbonyl (C=O) groups is 2. The molecule has 44 heavy (non-hydrogen) atoms. The molecule has 2 N–H and O–H groups in total. The lowest BCUT2D eigenvalue weighted by atomic mass is 9.88. The van der Waals surface area contributed by atoms with Gasteiger partial charge in [-0.05, 0) is 55.7 Å². The van der Waals surface area contributed by atoms with E-state index in [1.165, 1.54) is 23.5 Å². The van der Waals surface area contributed by atoms with E-state index >= 15 is 0 Å². The van der Waals surface area contributed by atoms with Crippen molar-refractivity contribution in [2.75, 3.05) is 37.7 Å². The van der Waals surface area contributed by atoms with Gasteiger partial charge in [-0.3, -0.25) is 13.9 Å². The number of nitrogens with zero attached hydrogens (tertiary/aromatic N) is 2. The number of nitrogens with one attached hydrogen (secondary N) is 2. The first-order chi connectivity index (χ1) is 20.9. The maximum Gasteiger partial charge on any atom is 0.270 e. The monoisotopic (exact) mass is 616 g/mol. The number of aromatic nitrogens is 1. The Morgan fingerprint density at radius 1 is 1.09 bits per heavy atom. The van der Waals surface area contributed by atoms with Gasteiger partial charge >= 0.3 is 0 Å². The van der Waals surface area contributed by atoms with Crippen molar-refractivity contribution in [1.29, 1.82) is 0 Å². The number of aromatic amines is 1. The van der Waals surface area contributed by atoms with Crippen molar-refractivity contribution < 1.29 is 26.8 Å². The number of furan rings is 1. The van der Waals surface area contributed by atoms with Crippen molar-refractivity contribution >= 4 is 49.4 Å². The highest BCUT2D eigenvalue weighted by molar-refractivity contribution is 7.92. The average molecular weight is 617 g/mol. The number of amides is 2. The van der Waals surface area contributed by atoms with E-state index in [4.69, 9.17) is 4.42 Å². The Balaban J connectivity index is 1.45. The highest BCUT2D eigenvalue weighted by atomic mass is 32.2. The zero-order valence-corrected chi connectivity index (χ0v) is 25.7. The van der Waals surface area contributed by atoms with Gasteiger partial charge in [-0.15, -0.1) is 0 Å². The standard InChI is InChI=1S/C33H33FN4O5S/c1-19-7-9-20(10-8-19)31-30(32(39)35-2)25-16-24(28(17-29(25)43-31)37(3)44(4,41)42)21-6-5-13-38(18-21)33(40)27-15-22-14-23(34)11-12-26(22)36-27/h7-12,14-17,21,36H,5-6,13,18H2,1-4H3,(H,35,39)/t21-/m0/s1. The summed E-state index contributed by atoms with van der Waals surface area (Å²) in [5.41, 5.74) is 4.65. The van der Waals surface area contributed by atoms with Crippen LogP contribution in [0.15, 0.2) is 65.1 Å². The lowest BCUT2D eigenvalue weighted by molar-refractivity contribution is 0.0702. The molecule has 0 bridgehead atoms. The van der Waals surface area contributed by atoms with Crippen LogP contribution < -0.4 is 9.62 Å². The molecule has 0 unspecified atom stereocenters. The molecule has 0 aliphatic carbocycles. The Hall–Kier alpha value is -4.64. The first kappa shape index (κ1) is 29.4. The maximum atomic E-state index is 13.8. The van der Waals surface area contributed by atoms with E-state index < -0.39 is 10.0 Å². The molecule has 9 nitrogen and oxygen atoms in total. The van der Waals surface area contributed by atoms with Crippen LogP contribution in [0.25, 0.3) is 33.2 Å². The van der Waals surface area contributed by atoms with Crippen molar-refractivity contribution in [3.63, 3.8) is 0 Å². The first-order valence-corrected chi connectivity index (χ1v) is 16.2. The van der Waals surface area contributed by atoms with Gasteiger partial charge in [-0.1, -0.05) is 29.8 Å². The van der Waals surface area contributed by atoms with Crippen LogP contribution in [0.5, 0.6) is 0 Å².